The molecule has 2 aromatic rings. The van der Waals surface area contributed by atoms with Crippen LogP contribution in [0, 0.1) is 22.9 Å². The van der Waals surface area contributed by atoms with Gasteiger partial charge in [-0.15, -0.1) is 0 Å². The maximum atomic E-state index is 13.0. The van der Waals surface area contributed by atoms with E-state index in [9.17, 15) is 19.3 Å². The number of nitrogens with zero attached hydrogens (tertiary/aromatic N) is 2. The lowest BCUT2D eigenvalue weighted by Crippen LogP contribution is -2.30. The van der Waals surface area contributed by atoms with Crippen molar-refractivity contribution in [2.45, 2.75) is 13.3 Å². The van der Waals surface area contributed by atoms with E-state index in [1.165, 1.54) is 18.3 Å². The summed E-state index contributed by atoms with van der Waals surface area (Å²) in [5.74, 6) is -0.0886. The Morgan fingerprint density at radius 1 is 1.33 bits per heavy atom. The number of nitrogens with one attached hydrogen (secondary N) is 2. The molecule has 0 unspecified atom stereocenters. The van der Waals surface area contributed by atoms with Crippen molar-refractivity contribution in [3.8, 4) is 0 Å². The summed E-state index contributed by atoms with van der Waals surface area (Å²) in [6.45, 7) is 2.40. The number of nitro groups is 1. The first-order chi connectivity index (χ1) is 11.5. The lowest BCUT2D eigenvalue weighted by atomic mass is 10.1. The molecule has 0 aliphatic heterocycles. The van der Waals surface area contributed by atoms with E-state index < -0.39 is 4.92 Å². The van der Waals surface area contributed by atoms with Crippen molar-refractivity contribution in [2.75, 3.05) is 18.4 Å². The fourth-order valence-electron chi connectivity index (χ4n) is 2.12. The van der Waals surface area contributed by atoms with Gasteiger partial charge in [0.2, 0.25) is 5.91 Å². The molecule has 8 heteroatoms. The molecule has 1 aromatic carbocycles. The van der Waals surface area contributed by atoms with Crippen LogP contribution in [0.25, 0.3) is 0 Å². The Labute approximate surface area is 138 Å². The summed E-state index contributed by atoms with van der Waals surface area (Å²) < 4.78 is 13.0. The quantitative estimate of drug-likeness (QED) is 0.460. The van der Waals surface area contributed by atoms with Crippen molar-refractivity contribution in [2.24, 2.45) is 0 Å². The molecule has 1 heterocycles. The normalized spacial score (nSPS) is 10.2. The van der Waals surface area contributed by atoms with E-state index >= 15 is 0 Å². The van der Waals surface area contributed by atoms with Crippen LogP contribution in [0.4, 0.5) is 15.9 Å². The van der Waals surface area contributed by atoms with Gasteiger partial charge >= 0.3 is 0 Å². The summed E-state index contributed by atoms with van der Waals surface area (Å²) in [6.07, 6.45) is 1.30. The first kappa shape index (κ1) is 17.3. The summed E-state index contributed by atoms with van der Waals surface area (Å²) in [5, 5.41) is 16.4. The molecule has 1 aromatic heterocycles. The highest BCUT2D eigenvalue weighted by Gasteiger charge is 2.11. The summed E-state index contributed by atoms with van der Waals surface area (Å²) >= 11 is 0. The molecule has 0 aliphatic carbocycles. The van der Waals surface area contributed by atoms with Gasteiger partial charge in [-0.1, -0.05) is 12.1 Å². The van der Waals surface area contributed by atoms with E-state index in [-0.39, 0.29) is 23.8 Å². The van der Waals surface area contributed by atoms with Gasteiger partial charge in [-0.05, 0) is 30.7 Å². The van der Waals surface area contributed by atoms with Gasteiger partial charge in [0.1, 0.15) is 17.8 Å². The zero-order valence-corrected chi connectivity index (χ0v) is 13.1. The molecule has 0 bridgehead atoms. The number of amides is 1. The minimum atomic E-state index is -0.487. The molecule has 0 aliphatic rings. The van der Waals surface area contributed by atoms with Crippen LogP contribution in [0.3, 0.4) is 0 Å². The maximum Gasteiger partial charge on any atom is 0.290 e. The summed E-state index contributed by atoms with van der Waals surface area (Å²) in [5.41, 5.74) is 1.07. The lowest BCUT2D eigenvalue weighted by molar-refractivity contribution is -0.385. The number of aromatic nitrogens is 1. The number of aryl methyl sites for hydroxylation is 1. The van der Waals surface area contributed by atoms with Crippen LogP contribution in [-0.2, 0) is 11.2 Å². The van der Waals surface area contributed by atoms with Crippen LogP contribution in [0.1, 0.15) is 11.1 Å². The van der Waals surface area contributed by atoms with E-state index in [2.05, 4.69) is 15.6 Å². The van der Waals surface area contributed by atoms with Gasteiger partial charge in [0, 0.05) is 18.7 Å². The molecule has 0 fully saturated rings. The molecule has 0 saturated carbocycles. The minimum absolute atomic E-state index is 0.0380. The predicted molar refractivity (Wildman–Crippen MR) is 87.2 cm³/mol. The Morgan fingerprint density at radius 2 is 2.12 bits per heavy atom. The second-order valence-electron chi connectivity index (χ2n) is 5.20. The first-order valence-electron chi connectivity index (χ1n) is 7.32. The molecule has 126 valence electrons. The molecule has 0 atom stereocenters. The third-order valence-corrected chi connectivity index (χ3v) is 3.29. The second kappa shape index (κ2) is 8.00. The topological polar surface area (TPSA) is 97.2 Å². The Kier molecular flexibility index (Phi) is 5.78. The highest BCUT2D eigenvalue weighted by molar-refractivity contribution is 5.78. The number of benzene rings is 1. The highest BCUT2D eigenvalue weighted by atomic mass is 19.1. The van der Waals surface area contributed by atoms with Crippen molar-refractivity contribution < 1.29 is 14.1 Å². The molecule has 0 spiro atoms. The highest BCUT2D eigenvalue weighted by Crippen LogP contribution is 2.18. The van der Waals surface area contributed by atoms with Gasteiger partial charge in [0.25, 0.3) is 5.69 Å². The second-order valence-corrected chi connectivity index (χ2v) is 5.20. The zero-order valence-electron chi connectivity index (χ0n) is 13.1. The molecule has 0 saturated heterocycles. The summed E-state index contributed by atoms with van der Waals surface area (Å²) in [7, 11) is 0. The van der Waals surface area contributed by atoms with Gasteiger partial charge in [-0.25, -0.2) is 9.37 Å². The molecule has 2 rings (SSSR count). The average molecular weight is 332 g/mol. The monoisotopic (exact) mass is 332 g/mol. The zero-order chi connectivity index (χ0) is 17.5. The van der Waals surface area contributed by atoms with Crippen molar-refractivity contribution in [1.29, 1.82) is 0 Å². The molecule has 2 N–H and O–H groups in total. The lowest BCUT2D eigenvalue weighted by Gasteiger charge is -2.08. The maximum absolute atomic E-state index is 13.0. The van der Waals surface area contributed by atoms with E-state index in [1.807, 2.05) is 0 Å². The third kappa shape index (κ3) is 5.01. The molecule has 7 nitrogen and oxygen atoms in total. The fourth-order valence-corrected chi connectivity index (χ4v) is 2.12. The Hall–Kier alpha value is -3.03. The van der Waals surface area contributed by atoms with Crippen LogP contribution in [-0.4, -0.2) is 28.9 Å². The molecule has 1 amide bonds. The number of hydrogen-bond acceptors (Lipinski definition) is 5. The number of rotatable bonds is 7. The fraction of sp³-hybridized carbons (Fsp3) is 0.250. The van der Waals surface area contributed by atoms with Gasteiger partial charge < -0.3 is 10.6 Å². The van der Waals surface area contributed by atoms with E-state index in [0.29, 0.717) is 30.0 Å². The van der Waals surface area contributed by atoms with Gasteiger partial charge in [0.05, 0.1) is 11.3 Å². The smallest absolute Gasteiger partial charge is 0.290 e. The van der Waals surface area contributed by atoms with Crippen LogP contribution in [0.15, 0.2) is 36.5 Å². The first-order valence-corrected chi connectivity index (χ1v) is 7.32. The number of halogens is 1. The third-order valence-electron chi connectivity index (χ3n) is 3.29. The van der Waals surface area contributed by atoms with Crippen LogP contribution in [0.5, 0.6) is 0 Å². The number of anilines is 1. The SMILES string of the molecule is Cc1cc(NCCNC(=O)Cc2cccc(F)c2)ncc1[N+](=O)[O-]. The predicted octanol–water partition coefficient (Wildman–Crippen LogP) is 2.21. The number of carbonyl (C=O) groups excluding carboxylic acids is 1. The largest absolute Gasteiger partial charge is 0.368 e. The van der Waals surface area contributed by atoms with Gasteiger partial charge in [-0.2, -0.15) is 0 Å². The molecule has 24 heavy (non-hydrogen) atoms. The van der Waals surface area contributed by atoms with E-state index in [0.717, 1.165) is 0 Å². The average Bonchev–Trinajstić information content (AvgIpc) is 2.51. The number of pyridine rings is 1. The Morgan fingerprint density at radius 3 is 2.79 bits per heavy atom. The Balaban J connectivity index is 1.75. The van der Waals surface area contributed by atoms with Crippen LogP contribution in [0.2, 0.25) is 0 Å². The molecular weight excluding hydrogens is 315 g/mol. The molecular formula is C16H17FN4O3. The summed E-state index contributed by atoms with van der Waals surface area (Å²) in [6, 6.07) is 7.46. The van der Waals surface area contributed by atoms with Crippen LogP contribution < -0.4 is 10.6 Å². The number of carbonyl (C=O) groups is 1. The minimum Gasteiger partial charge on any atom is -0.368 e. The van der Waals surface area contributed by atoms with Gasteiger partial charge in [0.15, 0.2) is 0 Å². The van der Waals surface area contributed by atoms with Gasteiger partial charge in [-0.3, -0.25) is 14.9 Å². The van der Waals surface area contributed by atoms with E-state index in [1.54, 1.807) is 25.1 Å². The van der Waals surface area contributed by atoms with Crippen molar-refractivity contribution in [3.63, 3.8) is 0 Å². The van der Waals surface area contributed by atoms with E-state index in [4.69, 9.17) is 0 Å². The number of hydrogen-bond donors (Lipinski definition) is 2. The summed E-state index contributed by atoms with van der Waals surface area (Å²) in [4.78, 5) is 25.9. The van der Waals surface area contributed by atoms with Crippen LogP contribution >= 0.6 is 0 Å². The Bertz CT molecular complexity index is 752. The molecule has 0 radical (unpaired) electrons. The standard InChI is InChI=1S/C16H17FN4O3/c1-11-7-15(20-10-14(11)21(23)24)18-5-6-19-16(22)9-12-3-2-4-13(17)8-12/h2-4,7-8,10H,5-6,9H2,1H3,(H,18,20)(H,19,22). The van der Waals surface area contributed by atoms with Crippen molar-refractivity contribution in [3.05, 3.63) is 63.6 Å². The van der Waals surface area contributed by atoms with Crippen molar-refractivity contribution in [1.82, 2.24) is 10.3 Å². The van der Waals surface area contributed by atoms with Crippen molar-refractivity contribution >= 4 is 17.4 Å².